The molecule has 0 atom stereocenters. The fourth-order valence-electron chi connectivity index (χ4n) is 3.11. The van der Waals surface area contributed by atoms with Gasteiger partial charge in [-0.25, -0.2) is 0 Å². The van der Waals surface area contributed by atoms with Gasteiger partial charge in [-0.15, -0.1) is 16.8 Å². The van der Waals surface area contributed by atoms with Gasteiger partial charge in [0.2, 0.25) is 5.91 Å². The van der Waals surface area contributed by atoms with Crippen molar-refractivity contribution in [3.8, 4) is 0 Å². The van der Waals surface area contributed by atoms with Gasteiger partial charge in [0.25, 0.3) is 5.91 Å². The molecule has 2 aromatic carbocycles. The highest BCUT2D eigenvalue weighted by Crippen LogP contribution is 2.19. The number of hydrogen-bond donors (Lipinski definition) is 2. The SMILES string of the molecule is C=CCn1c(CNC(=O)c2ccc(Cl)cc2)nnc1SCC(=O)Nc1cc(C)cc(C)c1. The average molecular weight is 470 g/mol. The number of aromatic nitrogens is 3. The van der Waals surface area contributed by atoms with Crippen LogP contribution in [0.3, 0.4) is 0 Å². The van der Waals surface area contributed by atoms with E-state index in [0.717, 1.165) is 16.8 Å². The maximum Gasteiger partial charge on any atom is 0.251 e. The molecule has 0 radical (unpaired) electrons. The summed E-state index contributed by atoms with van der Waals surface area (Å²) in [5.74, 6) is 0.381. The monoisotopic (exact) mass is 469 g/mol. The van der Waals surface area contributed by atoms with E-state index >= 15 is 0 Å². The highest BCUT2D eigenvalue weighted by atomic mass is 35.5. The first-order valence-corrected chi connectivity index (χ1v) is 11.3. The first kappa shape index (κ1) is 23.6. The Morgan fingerprint density at radius 1 is 1.12 bits per heavy atom. The number of aryl methyl sites for hydroxylation is 2. The summed E-state index contributed by atoms with van der Waals surface area (Å²) in [4.78, 5) is 24.8. The van der Waals surface area contributed by atoms with Crippen molar-refractivity contribution in [1.82, 2.24) is 20.1 Å². The van der Waals surface area contributed by atoms with Crippen molar-refractivity contribution in [3.63, 3.8) is 0 Å². The standard InChI is InChI=1S/C23H24ClN5O2S/c1-4-9-29-20(13-25-22(31)17-5-7-18(24)8-6-17)27-28-23(29)32-14-21(30)26-19-11-15(2)10-16(3)12-19/h4-8,10-12H,1,9,13-14H2,2-3H3,(H,25,31)(H,26,30). The third kappa shape index (κ3) is 6.45. The minimum absolute atomic E-state index is 0.134. The molecule has 0 unspecified atom stereocenters. The molecule has 0 fully saturated rings. The van der Waals surface area contributed by atoms with E-state index in [0.29, 0.717) is 28.1 Å². The zero-order chi connectivity index (χ0) is 23.1. The second kappa shape index (κ2) is 11.0. The van der Waals surface area contributed by atoms with Gasteiger partial charge in [-0.1, -0.05) is 35.5 Å². The third-order valence-electron chi connectivity index (χ3n) is 4.46. The molecule has 3 aromatic rings. The average Bonchev–Trinajstić information content (AvgIpc) is 3.12. The molecule has 2 amide bonds. The van der Waals surface area contributed by atoms with Gasteiger partial charge < -0.3 is 15.2 Å². The van der Waals surface area contributed by atoms with Gasteiger partial charge in [-0.3, -0.25) is 9.59 Å². The zero-order valence-electron chi connectivity index (χ0n) is 17.9. The van der Waals surface area contributed by atoms with Crippen LogP contribution in [0.5, 0.6) is 0 Å². The van der Waals surface area contributed by atoms with Crippen molar-refractivity contribution in [3.05, 3.63) is 82.7 Å². The lowest BCUT2D eigenvalue weighted by Crippen LogP contribution is -2.24. The predicted octanol–water partition coefficient (Wildman–Crippen LogP) is 4.40. The number of nitrogens with zero attached hydrogens (tertiary/aromatic N) is 3. The van der Waals surface area contributed by atoms with E-state index in [4.69, 9.17) is 11.6 Å². The number of allylic oxidation sites excluding steroid dienone is 1. The van der Waals surface area contributed by atoms with Gasteiger partial charge >= 0.3 is 0 Å². The van der Waals surface area contributed by atoms with Crippen LogP contribution in [0.2, 0.25) is 5.02 Å². The van der Waals surface area contributed by atoms with Crippen LogP contribution in [0, 0.1) is 13.8 Å². The Morgan fingerprint density at radius 2 is 1.81 bits per heavy atom. The number of carbonyl (C=O) groups excluding carboxylic acids is 2. The Kier molecular flexibility index (Phi) is 8.08. The Morgan fingerprint density at radius 3 is 2.47 bits per heavy atom. The molecule has 32 heavy (non-hydrogen) atoms. The summed E-state index contributed by atoms with van der Waals surface area (Å²) in [6, 6.07) is 12.5. The molecule has 3 rings (SSSR count). The number of hydrogen-bond acceptors (Lipinski definition) is 5. The molecule has 1 aromatic heterocycles. The van der Waals surface area contributed by atoms with Crippen LogP contribution in [-0.2, 0) is 17.9 Å². The van der Waals surface area contributed by atoms with Crippen molar-refractivity contribution >= 4 is 40.9 Å². The van der Waals surface area contributed by atoms with Gasteiger partial charge in [0.05, 0.1) is 12.3 Å². The number of halogens is 1. The molecule has 0 aliphatic heterocycles. The highest BCUT2D eigenvalue weighted by Gasteiger charge is 2.15. The van der Waals surface area contributed by atoms with E-state index in [1.54, 1.807) is 30.3 Å². The van der Waals surface area contributed by atoms with E-state index in [-0.39, 0.29) is 24.1 Å². The molecule has 0 saturated carbocycles. The summed E-state index contributed by atoms with van der Waals surface area (Å²) in [6.07, 6.45) is 1.72. The van der Waals surface area contributed by atoms with E-state index in [9.17, 15) is 9.59 Å². The summed E-state index contributed by atoms with van der Waals surface area (Å²) >= 11 is 7.14. The fourth-order valence-corrected chi connectivity index (χ4v) is 4.00. The first-order valence-electron chi connectivity index (χ1n) is 9.93. The highest BCUT2D eigenvalue weighted by molar-refractivity contribution is 7.99. The number of rotatable bonds is 9. The summed E-state index contributed by atoms with van der Waals surface area (Å²) < 4.78 is 1.82. The number of anilines is 1. The van der Waals surface area contributed by atoms with E-state index in [2.05, 4.69) is 33.5 Å². The summed E-state index contributed by atoms with van der Waals surface area (Å²) in [6.45, 7) is 8.40. The quantitative estimate of drug-likeness (QED) is 0.358. The molecule has 2 N–H and O–H groups in total. The third-order valence-corrected chi connectivity index (χ3v) is 5.68. The van der Waals surface area contributed by atoms with Crippen molar-refractivity contribution in [2.24, 2.45) is 0 Å². The van der Waals surface area contributed by atoms with Crippen LogP contribution in [0.1, 0.15) is 27.3 Å². The molecule has 0 bridgehead atoms. The minimum Gasteiger partial charge on any atom is -0.345 e. The van der Waals surface area contributed by atoms with Gasteiger partial charge in [0.15, 0.2) is 11.0 Å². The fraction of sp³-hybridized carbons (Fsp3) is 0.217. The molecule has 0 aliphatic rings. The van der Waals surface area contributed by atoms with Crippen molar-refractivity contribution < 1.29 is 9.59 Å². The molecule has 9 heteroatoms. The van der Waals surface area contributed by atoms with Crippen LogP contribution in [0.4, 0.5) is 5.69 Å². The molecule has 0 saturated heterocycles. The van der Waals surface area contributed by atoms with Gasteiger partial charge in [0, 0.05) is 22.8 Å². The van der Waals surface area contributed by atoms with Crippen LogP contribution in [0.25, 0.3) is 0 Å². The lowest BCUT2D eigenvalue weighted by molar-refractivity contribution is -0.113. The predicted molar refractivity (Wildman–Crippen MR) is 128 cm³/mol. The van der Waals surface area contributed by atoms with Crippen LogP contribution in [0.15, 0.2) is 60.3 Å². The normalized spacial score (nSPS) is 10.6. The van der Waals surface area contributed by atoms with E-state index < -0.39 is 0 Å². The first-order chi connectivity index (χ1) is 15.4. The maximum atomic E-state index is 12.4. The largest absolute Gasteiger partial charge is 0.345 e. The number of benzene rings is 2. The second-order valence-electron chi connectivity index (χ2n) is 7.20. The number of carbonyl (C=O) groups is 2. The molecule has 166 valence electrons. The van der Waals surface area contributed by atoms with E-state index in [1.165, 1.54) is 11.8 Å². The van der Waals surface area contributed by atoms with Crippen molar-refractivity contribution in [2.45, 2.75) is 32.1 Å². The van der Waals surface area contributed by atoms with Gasteiger partial charge in [0.1, 0.15) is 0 Å². The maximum absolute atomic E-state index is 12.4. The molecular formula is C23H24ClN5O2S. The molecule has 0 aliphatic carbocycles. The summed E-state index contributed by atoms with van der Waals surface area (Å²) in [5, 5.41) is 15.2. The molecule has 7 nitrogen and oxygen atoms in total. The lowest BCUT2D eigenvalue weighted by Gasteiger charge is -2.10. The molecule has 1 heterocycles. The van der Waals surface area contributed by atoms with Crippen molar-refractivity contribution in [1.29, 1.82) is 0 Å². The zero-order valence-corrected chi connectivity index (χ0v) is 19.5. The van der Waals surface area contributed by atoms with Crippen LogP contribution in [-0.4, -0.2) is 32.3 Å². The Labute approximate surface area is 196 Å². The molecule has 0 spiro atoms. The minimum atomic E-state index is -0.239. The Bertz CT molecular complexity index is 1110. The summed E-state index contributed by atoms with van der Waals surface area (Å²) in [7, 11) is 0. The Balaban J connectivity index is 1.61. The Hall–Kier alpha value is -3.10. The summed E-state index contributed by atoms with van der Waals surface area (Å²) in [5.41, 5.74) is 3.45. The van der Waals surface area contributed by atoms with Gasteiger partial charge in [-0.2, -0.15) is 0 Å². The number of amides is 2. The molecular weight excluding hydrogens is 446 g/mol. The van der Waals surface area contributed by atoms with Gasteiger partial charge in [-0.05, 0) is 61.4 Å². The van der Waals surface area contributed by atoms with Crippen molar-refractivity contribution in [2.75, 3.05) is 11.1 Å². The second-order valence-corrected chi connectivity index (χ2v) is 8.58. The lowest BCUT2D eigenvalue weighted by atomic mass is 10.1. The van der Waals surface area contributed by atoms with Crippen LogP contribution < -0.4 is 10.6 Å². The smallest absolute Gasteiger partial charge is 0.251 e. The number of thioether (sulfide) groups is 1. The number of nitrogens with one attached hydrogen (secondary N) is 2. The van der Waals surface area contributed by atoms with E-state index in [1.807, 2.05) is 30.5 Å². The van der Waals surface area contributed by atoms with Crippen LogP contribution >= 0.6 is 23.4 Å². The topological polar surface area (TPSA) is 88.9 Å².